The van der Waals surface area contributed by atoms with Crippen molar-refractivity contribution < 1.29 is 4.79 Å². The summed E-state index contributed by atoms with van der Waals surface area (Å²) in [6, 6.07) is 7.88. The predicted octanol–water partition coefficient (Wildman–Crippen LogP) is 2.11. The van der Waals surface area contributed by atoms with E-state index in [1.54, 1.807) is 0 Å². The first-order valence-electron chi connectivity index (χ1n) is 6.40. The monoisotopic (exact) mass is 390 g/mol. The van der Waals surface area contributed by atoms with Crippen LogP contribution in [0.2, 0.25) is 0 Å². The largest absolute Gasteiger partial charge is 0.370 e. The van der Waals surface area contributed by atoms with Crippen LogP contribution in [0, 0.1) is 12.8 Å². The second-order valence-electron chi connectivity index (χ2n) is 4.70. The number of hydrogen-bond acceptors (Lipinski definition) is 2. The summed E-state index contributed by atoms with van der Waals surface area (Å²) in [6.07, 6.45) is 0. The molecule has 1 aromatic carbocycles. The second-order valence-corrected chi connectivity index (χ2v) is 4.70. The molecule has 1 amide bonds. The van der Waals surface area contributed by atoms with Crippen LogP contribution in [-0.4, -0.2) is 25.0 Å². The lowest BCUT2D eigenvalue weighted by molar-refractivity contribution is -0.123. The van der Waals surface area contributed by atoms with Crippen molar-refractivity contribution in [2.45, 2.75) is 20.8 Å². The molecule has 0 heterocycles. The molecule has 0 atom stereocenters. The van der Waals surface area contributed by atoms with Gasteiger partial charge in [-0.15, -0.1) is 24.0 Å². The Hall–Kier alpha value is -1.31. The minimum absolute atomic E-state index is 0. The lowest BCUT2D eigenvalue weighted by Gasteiger charge is -2.07. The van der Waals surface area contributed by atoms with Crippen molar-refractivity contribution in [2.75, 3.05) is 18.4 Å². The summed E-state index contributed by atoms with van der Waals surface area (Å²) in [5.74, 6) is 0.370. The molecular weight excluding hydrogens is 367 g/mol. The van der Waals surface area contributed by atoms with Crippen LogP contribution in [0.1, 0.15) is 19.4 Å². The summed E-state index contributed by atoms with van der Waals surface area (Å²) in [5.41, 5.74) is 7.84. The number of rotatable bonds is 5. The lowest BCUT2D eigenvalue weighted by atomic mass is 10.2. The van der Waals surface area contributed by atoms with Crippen LogP contribution in [-0.2, 0) is 4.79 Å². The topological polar surface area (TPSA) is 79.5 Å². The van der Waals surface area contributed by atoms with Gasteiger partial charge in [-0.2, -0.15) is 0 Å². The van der Waals surface area contributed by atoms with E-state index in [4.69, 9.17) is 5.73 Å². The van der Waals surface area contributed by atoms with Crippen molar-refractivity contribution in [3.63, 3.8) is 0 Å². The van der Waals surface area contributed by atoms with Crippen LogP contribution >= 0.6 is 24.0 Å². The molecule has 0 radical (unpaired) electrons. The summed E-state index contributed by atoms with van der Waals surface area (Å²) in [6.45, 7) is 6.69. The number of nitrogens with one attached hydrogen (secondary N) is 2. The molecule has 20 heavy (non-hydrogen) atoms. The average molecular weight is 390 g/mol. The first kappa shape index (κ1) is 18.7. The highest BCUT2D eigenvalue weighted by Crippen LogP contribution is 2.07. The number of amides is 1. The number of guanidine groups is 1. The molecule has 0 aliphatic carbocycles. The molecule has 112 valence electrons. The molecule has 0 saturated carbocycles. The molecule has 1 rings (SSSR count). The van der Waals surface area contributed by atoms with E-state index in [2.05, 4.69) is 15.6 Å². The number of halogens is 1. The third kappa shape index (κ3) is 7.32. The summed E-state index contributed by atoms with van der Waals surface area (Å²) >= 11 is 0. The number of carbonyl (C=O) groups is 1. The zero-order valence-electron chi connectivity index (χ0n) is 12.1. The molecule has 0 unspecified atom stereocenters. The van der Waals surface area contributed by atoms with E-state index in [-0.39, 0.29) is 35.8 Å². The van der Waals surface area contributed by atoms with Gasteiger partial charge >= 0.3 is 0 Å². The third-order valence-corrected chi connectivity index (χ3v) is 2.54. The lowest BCUT2D eigenvalue weighted by Crippen LogP contribution is -2.31. The van der Waals surface area contributed by atoms with Crippen LogP contribution in [0.15, 0.2) is 29.3 Å². The predicted molar refractivity (Wildman–Crippen MR) is 94.6 cm³/mol. The SMILES string of the molecule is Cc1ccc(NC(N)=NCCNC(=O)C(C)C)cc1.I. The number of nitrogens with zero attached hydrogens (tertiary/aromatic N) is 1. The first-order chi connectivity index (χ1) is 8.99. The van der Waals surface area contributed by atoms with Crippen LogP contribution < -0.4 is 16.4 Å². The fourth-order valence-electron chi connectivity index (χ4n) is 1.38. The molecule has 4 N–H and O–H groups in total. The van der Waals surface area contributed by atoms with Crippen LogP contribution in [0.4, 0.5) is 5.69 Å². The smallest absolute Gasteiger partial charge is 0.222 e. The Labute approximate surface area is 137 Å². The summed E-state index contributed by atoms with van der Waals surface area (Å²) in [5, 5.41) is 5.77. The van der Waals surface area contributed by atoms with E-state index in [1.807, 2.05) is 45.0 Å². The van der Waals surface area contributed by atoms with Crippen molar-refractivity contribution >= 4 is 41.5 Å². The van der Waals surface area contributed by atoms with E-state index in [1.165, 1.54) is 5.56 Å². The van der Waals surface area contributed by atoms with Gasteiger partial charge < -0.3 is 16.4 Å². The van der Waals surface area contributed by atoms with Gasteiger partial charge in [0.25, 0.3) is 0 Å². The summed E-state index contributed by atoms with van der Waals surface area (Å²) in [4.78, 5) is 15.4. The molecule has 0 fully saturated rings. The van der Waals surface area contributed by atoms with Gasteiger partial charge in [0.2, 0.25) is 5.91 Å². The van der Waals surface area contributed by atoms with E-state index >= 15 is 0 Å². The molecule has 5 nitrogen and oxygen atoms in total. The fourth-order valence-corrected chi connectivity index (χ4v) is 1.38. The Morgan fingerprint density at radius 2 is 1.90 bits per heavy atom. The molecule has 0 aromatic heterocycles. The number of benzene rings is 1. The summed E-state index contributed by atoms with van der Waals surface area (Å²) < 4.78 is 0. The Kier molecular flexibility index (Phi) is 8.94. The summed E-state index contributed by atoms with van der Waals surface area (Å²) in [7, 11) is 0. The number of aryl methyl sites for hydroxylation is 1. The minimum atomic E-state index is -0.00740. The van der Waals surface area contributed by atoms with Crippen LogP contribution in [0.25, 0.3) is 0 Å². The normalized spacial score (nSPS) is 10.9. The van der Waals surface area contributed by atoms with Crippen molar-refractivity contribution in [3.8, 4) is 0 Å². The first-order valence-corrected chi connectivity index (χ1v) is 6.40. The fraction of sp³-hybridized carbons (Fsp3) is 0.429. The maximum Gasteiger partial charge on any atom is 0.222 e. The molecule has 1 aromatic rings. The standard InChI is InChI=1S/C14H22N4O.HI/c1-10(2)13(19)16-8-9-17-14(15)18-12-6-4-11(3)5-7-12;/h4-7,10H,8-9H2,1-3H3,(H,16,19)(H3,15,17,18);1H. The number of aliphatic imine (C=N–C) groups is 1. The number of carbonyl (C=O) groups excluding carboxylic acids is 1. The molecule has 0 saturated heterocycles. The average Bonchev–Trinajstić information content (AvgIpc) is 2.37. The van der Waals surface area contributed by atoms with Crippen molar-refractivity contribution in [1.82, 2.24) is 5.32 Å². The highest BCUT2D eigenvalue weighted by Gasteiger charge is 2.04. The van der Waals surface area contributed by atoms with Gasteiger partial charge in [0.15, 0.2) is 5.96 Å². The van der Waals surface area contributed by atoms with Gasteiger partial charge in [-0.3, -0.25) is 9.79 Å². The third-order valence-electron chi connectivity index (χ3n) is 2.54. The van der Waals surface area contributed by atoms with E-state index in [9.17, 15) is 4.79 Å². The van der Waals surface area contributed by atoms with Crippen molar-refractivity contribution in [2.24, 2.45) is 16.6 Å². The van der Waals surface area contributed by atoms with Gasteiger partial charge in [0.05, 0.1) is 6.54 Å². The number of nitrogens with two attached hydrogens (primary N) is 1. The van der Waals surface area contributed by atoms with Crippen molar-refractivity contribution in [1.29, 1.82) is 0 Å². The Bertz CT molecular complexity index is 443. The van der Waals surface area contributed by atoms with Crippen LogP contribution in [0.5, 0.6) is 0 Å². The van der Waals surface area contributed by atoms with Gasteiger partial charge in [-0.25, -0.2) is 0 Å². The quantitative estimate of drug-likeness (QED) is 0.312. The zero-order chi connectivity index (χ0) is 14.3. The highest BCUT2D eigenvalue weighted by atomic mass is 127. The maximum absolute atomic E-state index is 11.3. The van der Waals surface area contributed by atoms with Gasteiger partial charge in [0, 0.05) is 18.2 Å². The Balaban J connectivity index is 0.00000361. The van der Waals surface area contributed by atoms with Gasteiger partial charge in [-0.1, -0.05) is 31.5 Å². The molecular formula is C14H23IN4O. The van der Waals surface area contributed by atoms with E-state index in [0.717, 1.165) is 5.69 Å². The number of anilines is 1. The van der Waals surface area contributed by atoms with Gasteiger partial charge in [-0.05, 0) is 19.1 Å². The minimum Gasteiger partial charge on any atom is -0.370 e. The maximum atomic E-state index is 11.3. The highest BCUT2D eigenvalue weighted by molar-refractivity contribution is 14.0. The molecule has 0 bridgehead atoms. The molecule has 0 aliphatic heterocycles. The Morgan fingerprint density at radius 3 is 2.45 bits per heavy atom. The van der Waals surface area contributed by atoms with Gasteiger partial charge in [0.1, 0.15) is 0 Å². The molecule has 6 heteroatoms. The molecule has 0 spiro atoms. The van der Waals surface area contributed by atoms with Crippen molar-refractivity contribution in [3.05, 3.63) is 29.8 Å². The molecule has 0 aliphatic rings. The zero-order valence-corrected chi connectivity index (χ0v) is 14.5. The number of hydrogen-bond donors (Lipinski definition) is 3. The Morgan fingerprint density at radius 1 is 1.30 bits per heavy atom. The van der Waals surface area contributed by atoms with E-state index < -0.39 is 0 Å². The van der Waals surface area contributed by atoms with E-state index in [0.29, 0.717) is 19.0 Å². The van der Waals surface area contributed by atoms with Crippen LogP contribution in [0.3, 0.4) is 0 Å². The second kappa shape index (κ2) is 9.57.